The molecule has 3 heterocycles. The van der Waals surface area contributed by atoms with Gasteiger partial charge in [0.15, 0.2) is 23.2 Å². The van der Waals surface area contributed by atoms with Gasteiger partial charge in [-0.3, -0.25) is 9.36 Å². The summed E-state index contributed by atoms with van der Waals surface area (Å²) < 4.78 is 18.1. The summed E-state index contributed by atoms with van der Waals surface area (Å²) in [6.45, 7) is 1.57. The highest BCUT2D eigenvalue weighted by Crippen LogP contribution is 2.33. The van der Waals surface area contributed by atoms with Gasteiger partial charge in [-0.2, -0.15) is 0 Å². The van der Waals surface area contributed by atoms with E-state index in [1.54, 1.807) is 22.8 Å². The fourth-order valence-electron chi connectivity index (χ4n) is 4.64. The van der Waals surface area contributed by atoms with Crippen molar-refractivity contribution in [1.29, 1.82) is 0 Å². The monoisotopic (exact) mass is 534 g/mol. The van der Waals surface area contributed by atoms with Gasteiger partial charge in [-0.1, -0.05) is 30.3 Å². The second-order valence-corrected chi connectivity index (χ2v) is 9.16. The largest absolute Gasteiger partial charge is 0.497 e. The van der Waals surface area contributed by atoms with Crippen LogP contribution in [0.4, 0.5) is 5.82 Å². The van der Waals surface area contributed by atoms with Gasteiger partial charge in [0.2, 0.25) is 0 Å². The average molecular weight is 535 g/mol. The molecule has 1 aliphatic rings. The summed E-state index contributed by atoms with van der Waals surface area (Å²) in [7, 11) is 2.98. The molecule has 204 valence electrons. The number of ether oxygens (including phenoxy) is 3. The lowest BCUT2D eigenvalue weighted by molar-refractivity contribution is -0.0440. The zero-order chi connectivity index (χ0) is 27.5. The molecule has 0 radical (unpaired) electrons. The second-order valence-electron chi connectivity index (χ2n) is 9.16. The number of carbonyl (C=O) groups excluding carboxylic acids is 1. The zero-order valence-corrected chi connectivity index (χ0v) is 21.7. The number of imidazole rings is 1. The van der Waals surface area contributed by atoms with Gasteiger partial charge in [0, 0.05) is 11.6 Å². The van der Waals surface area contributed by atoms with Crippen molar-refractivity contribution >= 4 is 22.9 Å². The van der Waals surface area contributed by atoms with Crippen LogP contribution in [0.25, 0.3) is 11.2 Å². The molecular weight excluding hydrogens is 504 g/mol. The average Bonchev–Trinajstić information content (AvgIpc) is 3.54. The Morgan fingerprint density at radius 3 is 2.49 bits per heavy atom. The number of fused-ring (bicyclic) bond motifs is 1. The summed E-state index contributed by atoms with van der Waals surface area (Å²) >= 11 is 0. The van der Waals surface area contributed by atoms with E-state index in [4.69, 9.17) is 14.2 Å². The molecule has 0 saturated carbocycles. The van der Waals surface area contributed by atoms with Crippen LogP contribution in [0.2, 0.25) is 0 Å². The number of nitrogens with one attached hydrogen (secondary N) is 2. The topological polar surface area (TPSA) is 153 Å². The Labute approximate surface area is 224 Å². The minimum absolute atomic E-state index is 0.0512. The third-order valence-corrected chi connectivity index (χ3v) is 6.75. The smallest absolute Gasteiger partial charge is 0.252 e. The highest BCUT2D eigenvalue weighted by molar-refractivity contribution is 5.95. The molecule has 0 aliphatic carbocycles. The van der Waals surface area contributed by atoms with E-state index in [1.165, 1.54) is 26.9 Å². The zero-order valence-electron chi connectivity index (χ0n) is 21.7. The Hall–Kier alpha value is -4.26. The van der Waals surface area contributed by atoms with Crippen molar-refractivity contribution in [1.82, 2.24) is 24.8 Å². The summed E-state index contributed by atoms with van der Waals surface area (Å²) in [5.41, 5.74) is 2.27. The third-order valence-electron chi connectivity index (χ3n) is 6.75. The lowest BCUT2D eigenvalue weighted by atomic mass is 10.1. The van der Waals surface area contributed by atoms with Gasteiger partial charge in [0.05, 0.1) is 33.2 Å². The first-order valence-corrected chi connectivity index (χ1v) is 12.4. The third kappa shape index (κ3) is 5.21. The van der Waals surface area contributed by atoms with Gasteiger partial charge in [0.25, 0.3) is 5.91 Å². The number of anilines is 1. The van der Waals surface area contributed by atoms with E-state index in [2.05, 4.69) is 25.6 Å². The van der Waals surface area contributed by atoms with Crippen LogP contribution in [-0.4, -0.2) is 74.7 Å². The molecule has 1 saturated heterocycles. The van der Waals surface area contributed by atoms with Gasteiger partial charge in [-0.15, -0.1) is 0 Å². The molecule has 0 spiro atoms. The number of hydrogen-bond donors (Lipinski definition) is 4. The number of carbonyl (C=O) groups is 1. The molecule has 1 aliphatic heterocycles. The number of nitrogens with zero attached hydrogens (tertiary/aromatic N) is 4. The number of aliphatic hydroxyl groups is 2. The van der Waals surface area contributed by atoms with Crippen LogP contribution in [0.5, 0.6) is 11.5 Å². The van der Waals surface area contributed by atoms with Crippen molar-refractivity contribution < 1.29 is 29.2 Å². The molecule has 1 amide bonds. The normalized spacial score (nSPS) is 21.5. The maximum Gasteiger partial charge on any atom is 0.252 e. The maximum atomic E-state index is 13.3. The van der Waals surface area contributed by atoms with Crippen molar-refractivity contribution in [2.75, 3.05) is 26.1 Å². The van der Waals surface area contributed by atoms with E-state index in [0.717, 1.165) is 5.56 Å². The van der Waals surface area contributed by atoms with Crippen LogP contribution in [0.1, 0.15) is 35.1 Å². The molecule has 39 heavy (non-hydrogen) atoms. The van der Waals surface area contributed by atoms with Crippen molar-refractivity contribution in [2.45, 2.75) is 37.4 Å². The molecular formula is C27H30N6O6. The summed E-state index contributed by atoms with van der Waals surface area (Å²) in [6.07, 6.45) is -0.122. The second kappa shape index (κ2) is 11.2. The van der Waals surface area contributed by atoms with Crippen LogP contribution in [-0.2, 0) is 4.74 Å². The summed E-state index contributed by atoms with van der Waals surface area (Å²) in [4.78, 5) is 26.5. The van der Waals surface area contributed by atoms with E-state index in [1.807, 2.05) is 37.3 Å². The number of methoxy groups -OCH3 is 2. The highest BCUT2D eigenvalue weighted by Gasteiger charge is 2.46. The van der Waals surface area contributed by atoms with E-state index < -0.39 is 37.0 Å². The number of benzene rings is 2. The number of aromatic nitrogens is 4. The Morgan fingerprint density at radius 2 is 1.82 bits per heavy atom. The first-order chi connectivity index (χ1) is 18.9. The highest BCUT2D eigenvalue weighted by atomic mass is 16.5. The minimum Gasteiger partial charge on any atom is -0.497 e. The molecule has 1 fully saturated rings. The van der Waals surface area contributed by atoms with E-state index in [9.17, 15) is 15.0 Å². The molecule has 0 bridgehead atoms. The molecule has 2 aromatic carbocycles. The van der Waals surface area contributed by atoms with Gasteiger partial charge in [0.1, 0.15) is 36.1 Å². The first kappa shape index (κ1) is 26.4. The summed E-state index contributed by atoms with van der Waals surface area (Å²) in [5, 5.41) is 27.0. The molecule has 5 atom stereocenters. The lowest BCUT2D eigenvalue weighted by Crippen LogP contribution is -2.46. The Bertz CT molecular complexity index is 1430. The van der Waals surface area contributed by atoms with E-state index in [-0.39, 0.29) is 11.6 Å². The minimum atomic E-state index is -1.20. The molecule has 4 N–H and O–H groups in total. The first-order valence-electron chi connectivity index (χ1n) is 12.4. The Kier molecular flexibility index (Phi) is 7.59. The summed E-state index contributed by atoms with van der Waals surface area (Å²) in [6, 6.07) is 13.7. The maximum absolute atomic E-state index is 13.3. The van der Waals surface area contributed by atoms with Gasteiger partial charge in [-0.05, 0) is 24.6 Å². The number of hydrogen-bond acceptors (Lipinski definition) is 10. The fourth-order valence-corrected chi connectivity index (χ4v) is 4.64. The standard InChI is InChI=1S/C27H30N6O6/c1-15(16-7-5-4-6-8-16)31-24-22-25(29-13-28-24)33(14-30-22)27-21(23(35)20(12-34)39-27)32-26(36)17-9-18(37-2)11-19(10-17)38-3/h4-11,13-15,20-21,23,27,34-35H,12H2,1-3H3,(H,32,36)(H,28,29,31)/t15-,20-,21-,23-,27-/m1/s1. The summed E-state index contributed by atoms with van der Waals surface area (Å²) in [5.74, 6) is 0.919. The van der Waals surface area contributed by atoms with Crippen LogP contribution >= 0.6 is 0 Å². The molecule has 12 nitrogen and oxygen atoms in total. The van der Waals surface area contributed by atoms with E-state index in [0.29, 0.717) is 28.5 Å². The Morgan fingerprint density at radius 1 is 1.10 bits per heavy atom. The van der Waals surface area contributed by atoms with Crippen LogP contribution in [0, 0.1) is 0 Å². The molecule has 4 aromatic rings. The van der Waals surface area contributed by atoms with Crippen molar-refractivity contribution in [3.05, 3.63) is 72.3 Å². The van der Waals surface area contributed by atoms with Crippen molar-refractivity contribution in [3.8, 4) is 11.5 Å². The van der Waals surface area contributed by atoms with Crippen molar-refractivity contribution in [3.63, 3.8) is 0 Å². The molecule has 2 aromatic heterocycles. The van der Waals surface area contributed by atoms with Gasteiger partial charge < -0.3 is 35.1 Å². The predicted octanol–water partition coefficient (Wildman–Crippen LogP) is 2.07. The van der Waals surface area contributed by atoms with Crippen molar-refractivity contribution in [2.24, 2.45) is 0 Å². The molecule has 12 heteroatoms. The quantitative estimate of drug-likeness (QED) is 0.251. The fraction of sp³-hybridized carbons (Fsp3) is 0.333. The predicted molar refractivity (Wildman–Crippen MR) is 142 cm³/mol. The number of amides is 1. The van der Waals surface area contributed by atoms with Crippen LogP contribution in [0.3, 0.4) is 0 Å². The Balaban J connectivity index is 1.44. The number of rotatable bonds is 9. The van der Waals surface area contributed by atoms with Crippen LogP contribution < -0.4 is 20.1 Å². The molecule has 5 rings (SSSR count). The lowest BCUT2D eigenvalue weighted by Gasteiger charge is -2.23. The SMILES string of the molecule is COc1cc(OC)cc(C(=O)N[C@@H]2[C@H](O)[C@@H](CO)O[C@H]2n2cnc3c(N[C@H](C)c4ccccc4)ncnc32)c1. The van der Waals surface area contributed by atoms with Gasteiger partial charge >= 0.3 is 0 Å². The van der Waals surface area contributed by atoms with E-state index >= 15 is 0 Å². The van der Waals surface area contributed by atoms with Crippen LogP contribution in [0.15, 0.2) is 61.2 Å². The number of aliphatic hydroxyl groups excluding tert-OH is 2. The molecule has 0 unspecified atom stereocenters. The van der Waals surface area contributed by atoms with Gasteiger partial charge in [-0.25, -0.2) is 15.0 Å².